The molecule has 4 aromatic rings. The molecule has 0 spiro atoms. The first-order chi connectivity index (χ1) is 17.2. The van der Waals surface area contributed by atoms with Crippen molar-refractivity contribution in [3.05, 3.63) is 81.0 Å². The van der Waals surface area contributed by atoms with Crippen LogP contribution in [0.3, 0.4) is 0 Å². The van der Waals surface area contributed by atoms with Gasteiger partial charge in [0.2, 0.25) is 20.0 Å². The third-order valence-corrected chi connectivity index (χ3v) is 6.62. The number of hydrogen-bond acceptors (Lipinski definition) is 7. The van der Waals surface area contributed by atoms with Crippen LogP contribution in [0.15, 0.2) is 53.5 Å². The fourth-order valence-electron chi connectivity index (χ4n) is 4.09. The Bertz CT molecular complexity index is 1830. The molecule has 0 unspecified atom stereocenters. The highest BCUT2D eigenvalue weighted by molar-refractivity contribution is 7.92. The molecule has 1 aromatic carbocycles. The van der Waals surface area contributed by atoms with E-state index in [0.717, 1.165) is 12.5 Å². The number of fused-ring (bicyclic) bond motifs is 1. The van der Waals surface area contributed by atoms with Gasteiger partial charge in [-0.1, -0.05) is 19.0 Å². The van der Waals surface area contributed by atoms with Crippen LogP contribution in [0.4, 0.5) is 5.82 Å². The Kier molecular flexibility index (Phi) is 8.05. The van der Waals surface area contributed by atoms with Gasteiger partial charge in [-0.2, -0.15) is 0 Å². The lowest BCUT2D eigenvalue weighted by Gasteiger charge is -2.14. The van der Waals surface area contributed by atoms with Crippen molar-refractivity contribution in [3.8, 4) is 11.1 Å². The van der Waals surface area contributed by atoms with Gasteiger partial charge in [-0.3, -0.25) is 14.3 Å². The van der Waals surface area contributed by atoms with Crippen LogP contribution in [0.25, 0.3) is 22.0 Å². The number of sulfonamides is 2. The number of aromatic amines is 1. The van der Waals surface area contributed by atoms with Crippen LogP contribution in [0.2, 0.25) is 5.02 Å². The van der Waals surface area contributed by atoms with E-state index in [1.54, 1.807) is 41.8 Å². The van der Waals surface area contributed by atoms with E-state index in [2.05, 4.69) is 14.7 Å². The third-order valence-electron chi connectivity index (χ3n) is 5.25. The van der Waals surface area contributed by atoms with Gasteiger partial charge in [0, 0.05) is 45.5 Å². The summed E-state index contributed by atoms with van der Waals surface area (Å²) in [6, 6.07) is 11.1. The van der Waals surface area contributed by atoms with E-state index in [1.165, 1.54) is 18.3 Å². The topological polar surface area (TPSA) is 160 Å². The molecule has 0 saturated heterocycles. The van der Waals surface area contributed by atoms with Crippen LogP contribution >= 0.6 is 11.6 Å². The summed E-state index contributed by atoms with van der Waals surface area (Å²) < 4.78 is 53.3. The first-order valence-electron chi connectivity index (χ1n) is 10.7. The molecule has 0 bridgehead atoms. The van der Waals surface area contributed by atoms with Gasteiger partial charge in [-0.25, -0.2) is 26.5 Å². The molecule has 202 valence electrons. The van der Waals surface area contributed by atoms with Crippen molar-refractivity contribution in [1.29, 1.82) is 0 Å². The number of aryl methyl sites for hydroxylation is 1. The van der Waals surface area contributed by atoms with Crippen LogP contribution < -0.4 is 15.0 Å². The number of hydrogen-bond donors (Lipinski definition) is 3. The average Bonchev–Trinajstić information content (AvgIpc) is 3.04. The first-order valence-corrected chi connectivity index (χ1v) is 14.9. The van der Waals surface area contributed by atoms with Gasteiger partial charge in [0.05, 0.1) is 12.5 Å². The summed E-state index contributed by atoms with van der Waals surface area (Å²) in [6.07, 6.45) is 3.28. The number of amides is 1. The second-order valence-corrected chi connectivity index (χ2v) is 12.4. The van der Waals surface area contributed by atoms with Gasteiger partial charge in [-0.15, -0.1) is 0 Å². The number of rotatable bonds is 7. The number of aromatic nitrogens is 3. The molecule has 0 aliphatic rings. The molecular weight excluding hydrogens is 554 g/mol. The number of nitrogens with one attached hydrogen (secondary N) is 3. The highest BCUT2D eigenvalue weighted by Gasteiger charge is 2.27. The number of pyridine rings is 2. The molecule has 11 nitrogen and oxygen atoms in total. The molecule has 3 aromatic heterocycles. The average molecular weight is 580 g/mol. The van der Waals surface area contributed by atoms with Crippen LogP contribution in [0.5, 0.6) is 0 Å². The monoisotopic (exact) mass is 579 g/mol. The highest BCUT2D eigenvalue weighted by Crippen LogP contribution is 2.36. The zero-order valence-corrected chi connectivity index (χ0v) is 22.3. The summed E-state index contributed by atoms with van der Waals surface area (Å²) in [4.78, 5) is 32.9. The van der Waals surface area contributed by atoms with Gasteiger partial charge < -0.3 is 9.55 Å². The summed E-state index contributed by atoms with van der Waals surface area (Å²) in [7, 11) is -7.57. The van der Waals surface area contributed by atoms with Crippen LogP contribution in [0.1, 0.15) is 29.2 Å². The van der Waals surface area contributed by atoms with E-state index in [9.17, 15) is 26.4 Å². The second-order valence-electron chi connectivity index (χ2n) is 8.46. The number of anilines is 1. The molecule has 0 fully saturated rings. The van der Waals surface area contributed by atoms with Gasteiger partial charge >= 0.3 is 0 Å². The van der Waals surface area contributed by atoms with Crippen molar-refractivity contribution in [3.63, 3.8) is 0 Å². The van der Waals surface area contributed by atoms with Crippen molar-refractivity contribution >= 4 is 54.3 Å². The number of H-pyrrole nitrogens is 1. The van der Waals surface area contributed by atoms with Crippen molar-refractivity contribution < 1.29 is 21.6 Å². The SMILES string of the molecule is C.Cc1cc(Cn2c(C(=O)NS(C)(=O)=O)c(-c3ccc[nH]c3=O)c3cc(Cl)ccc32)cc(NS(C)(=O)=O)n1. The minimum atomic E-state index is -3.96. The summed E-state index contributed by atoms with van der Waals surface area (Å²) in [5.74, 6) is -0.868. The summed E-state index contributed by atoms with van der Waals surface area (Å²) in [6.45, 7) is 1.69. The highest BCUT2D eigenvalue weighted by atomic mass is 35.5. The molecule has 3 heterocycles. The molecule has 4 rings (SSSR count). The van der Waals surface area contributed by atoms with Crippen molar-refractivity contribution in [2.75, 3.05) is 17.2 Å². The van der Waals surface area contributed by atoms with Crippen LogP contribution in [-0.4, -0.2) is 49.8 Å². The molecule has 0 atom stereocenters. The Labute approximate surface area is 225 Å². The van der Waals surface area contributed by atoms with Gasteiger partial charge in [0.25, 0.3) is 11.5 Å². The molecule has 0 aliphatic carbocycles. The fraction of sp³-hybridized carbons (Fsp3) is 0.208. The number of carbonyl (C=O) groups excluding carboxylic acids is 1. The van der Waals surface area contributed by atoms with E-state index in [1.807, 2.05) is 4.72 Å². The molecule has 1 amide bonds. The summed E-state index contributed by atoms with van der Waals surface area (Å²) in [5.41, 5.74) is 1.31. The Morgan fingerprint density at radius 3 is 2.42 bits per heavy atom. The maximum Gasteiger partial charge on any atom is 0.282 e. The van der Waals surface area contributed by atoms with E-state index < -0.39 is 31.5 Å². The fourth-order valence-corrected chi connectivity index (χ4v) is 5.18. The Balaban J connectivity index is 0.00000400. The minimum Gasteiger partial charge on any atom is -0.331 e. The number of benzene rings is 1. The van der Waals surface area contributed by atoms with E-state index in [0.29, 0.717) is 27.2 Å². The van der Waals surface area contributed by atoms with Gasteiger partial charge in [-0.05, 0) is 55.0 Å². The Hall–Kier alpha value is -3.68. The van der Waals surface area contributed by atoms with Gasteiger partial charge in [0.1, 0.15) is 11.5 Å². The molecule has 38 heavy (non-hydrogen) atoms. The lowest BCUT2D eigenvalue weighted by atomic mass is 10.0. The zero-order valence-electron chi connectivity index (χ0n) is 19.9. The van der Waals surface area contributed by atoms with Crippen molar-refractivity contribution in [2.24, 2.45) is 0 Å². The number of halogens is 1. The Morgan fingerprint density at radius 1 is 1.08 bits per heavy atom. The second kappa shape index (κ2) is 10.6. The predicted molar refractivity (Wildman–Crippen MR) is 149 cm³/mol. The number of nitrogens with zero attached hydrogens (tertiary/aromatic N) is 2. The third kappa shape index (κ3) is 6.41. The largest absolute Gasteiger partial charge is 0.331 e. The summed E-state index contributed by atoms with van der Waals surface area (Å²) in [5, 5.41) is 0.788. The predicted octanol–water partition coefficient (Wildman–Crippen LogP) is 3.10. The number of carbonyl (C=O) groups is 1. The standard InChI is InChI=1S/C23H22ClN5O6S2.CH4/c1-13-9-14(10-19(26-13)27-36(2,32)33)12-29-18-7-6-15(24)11-17(18)20(16-5-4-8-25-22(16)30)21(29)23(31)28-37(3,34)35;/h4-11H,12H2,1-3H3,(H,25,30)(H,26,27)(H,28,31);1H4. The molecule has 0 aliphatic heterocycles. The van der Waals surface area contributed by atoms with Crippen molar-refractivity contribution in [2.45, 2.75) is 20.9 Å². The lowest BCUT2D eigenvalue weighted by molar-refractivity contribution is 0.0974. The molecular formula is C24H26ClN5O6S2. The molecule has 0 radical (unpaired) electrons. The van der Waals surface area contributed by atoms with E-state index >= 15 is 0 Å². The minimum absolute atomic E-state index is 0. The van der Waals surface area contributed by atoms with E-state index in [4.69, 9.17) is 11.6 Å². The quantitative estimate of drug-likeness (QED) is 0.303. The van der Waals surface area contributed by atoms with Crippen molar-refractivity contribution in [1.82, 2.24) is 19.3 Å². The van der Waals surface area contributed by atoms with Gasteiger partial charge in [0.15, 0.2) is 0 Å². The zero-order chi connectivity index (χ0) is 27.1. The lowest BCUT2D eigenvalue weighted by Crippen LogP contribution is -2.32. The maximum absolute atomic E-state index is 13.4. The molecule has 0 saturated carbocycles. The Morgan fingerprint density at radius 2 is 1.79 bits per heavy atom. The molecule has 3 N–H and O–H groups in total. The van der Waals surface area contributed by atoms with E-state index in [-0.39, 0.29) is 36.6 Å². The van der Waals surface area contributed by atoms with Crippen LogP contribution in [-0.2, 0) is 26.6 Å². The van der Waals surface area contributed by atoms with Crippen LogP contribution in [0, 0.1) is 6.92 Å². The smallest absolute Gasteiger partial charge is 0.282 e. The molecule has 14 heteroatoms. The normalized spacial score (nSPS) is 11.7. The summed E-state index contributed by atoms with van der Waals surface area (Å²) >= 11 is 6.26. The maximum atomic E-state index is 13.4. The first kappa shape index (κ1) is 28.9.